The van der Waals surface area contributed by atoms with Crippen LogP contribution in [0.4, 0.5) is 5.69 Å². The lowest BCUT2D eigenvalue weighted by Gasteiger charge is -2.21. The van der Waals surface area contributed by atoms with Crippen molar-refractivity contribution in [1.82, 2.24) is 0 Å². The Kier molecular flexibility index (Phi) is 5.71. The number of amides is 1. The number of carbonyl (C=O) groups is 2. The zero-order valence-corrected chi connectivity index (χ0v) is 15.1. The summed E-state index contributed by atoms with van der Waals surface area (Å²) in [5.74, 6) is -0.345. The quantitative estimate of drug-likeness (QED) is 0.771. The van der Waals surface area contributed by atoms with Gasteiger partial charge in [0, 0.05) is 12.1 Å². The zero-order valence-electron chi connectivity index (χ0n) is 15.1. The third kappa shape index (κ3) is 4.51. The van der Waals surface area contributed by atoms with Crippen molar-refractivity contribution in [3.63, 3.8) is 0 Å². The van der Waals surface area contributed by atoms with E-state index in [1.54, 1.807) is 24.3 Å². The fraction of sp³-hybridized carbons (Fsp3) is 0.364. The molecule has 2 aromatic rings. The number of nitrogens with one attached hydrogen (secondary N) is 1. The molecule has 0 atom stereocenters. The molecule has 1 aliphatic carbocycles. The maximum Gasteiger partial charge on any atom is 0.335 e. The molecule has 2 N–H and O–H groups in total. The second-order valence-corrected chi connectivity index (χ2v) is 7.17. The molecule has 0 spiro atoms. The summed E-state index contributed by atoms with van der Waals surface area (Å²) in [7, 11) is 0. The van der Waals surface area contributed by atoms with Gasteiger partial charge in [0.05, 0.1) is 5.56 Å². The van der Waals surface area contributed by atoms with Crippen LogP contribution in [0.3, 0.4) is 0 Å². The van der Waals surface area contributed by atoms with Crippen LogP contribution < -0.4 is 5.32 Å². The van der Waals surface area contributed by atoms with Crippen molar-refractivity contribution < 1.29 is 14.7 Å². The van der Waals surface area contributed by atoms with Gasteiger partial charge in [-0.15, -0.1) is 0 Å². The predicted octanol–water partition coefficient (Wildman–Crippen LogP) is 5.27. The van der Waals surface area contributed by atoms with Crippen LogP contribution in [-0.4, -0.2) is 17.0 Å². The maximum absolute atomic E-state index is 12.4. The first-order valence-corrected chi connectivity index (χ1v) is 9.27. The molecule has 0 bridgehead atoms. The highest BCUT2D eigenvalue weighted by Crippen LogP contribution is 2.29. The van der Waals surface area contributed by atoms with Gasteiger partial charge in [0.1, 0.15) is 0 Å². The predicted molar refractivity (Wildman–Crippen MR) is 103 cm³/mol. The van der Waals surface area contributed by atoms with Crippen LogP contribution >= 0.6 is 0 Å². The van der Waals surface area contributed by atoms with Crippen LogP contribution in [0.1, 0.15) is 54.4 Å². The Hall–Kier alpha value is -2.62. The molecule has 4 nitrogen and oxygen atoms in total. The molecule has 2 aromatic carbocycles. The average molecular weight is 351 g/mol. The molecule has 1 saturated carbocycles. The topological polar surface area (TPSA) is 66.4 Å². The van der Waals surface area contributed by atoms with E-state index >= 15 is 0 Å². The Labute approximate surface area is 154 Å². The largest absolute Gasteiger partial charge is 0.478 e. The molecule has 136 valence electrons. The molecule has 0 unspecified atom stereocenters. The molecule has 4 heteroatoms. The van der Waals surface area contributed by atoms with Crippen molar-refractivity contribution in [2.24, 2.45) is 5.92 Å². The number of carboxylic acids is 1. The molecule has 3 rings (SSSR count). The van der Waals surface area contributed by atoms with Gasteiger partial charge in [-0.1, -0.05) is 37.5 Å². The summed E-state index contributed by atoms with van der Waals surface area (Å²) < 4.78 is 0. The van der Waals surface area contributed by atoms with Crippen molar-refractivity contribution in [2.75, 3.05) is 5.32 Å². The van der Waals surface area contributed by atoms with Crippen LogP contribution in [0.2, 0.25) is 0 Å². The van der Waals surface area contributed by atoms with Crippen molar-refractivity contribution in [3.05, 3.63) is 53.6 Å². The van der Waals surface area contributed by atoms with Gasteiger partial charge < -0.3 is 10.4 Å². The van der Waals surface area contributed by atoms with E-state index in [-0.39, 0.29) is 11.5 Å². The molecule has 1 amide bonds. The summed E-state index contributed by atoms with van der Waals surface area (Å²) in [6.07, 6.45) is 6.67. The number of benzene rings is 2. The first kappa shape index (κ1) is 18.2. The first-order chi connectivity index (χ1) is 12.5. The SMILES string of the molecule is Cc1ccc(NC(=O)CC2CCCCC2)cc1-c1ccc(C(=O)O)cc1. The minimum atomic E-state index is -0.933. The van der Waals surface area contributed by atoms with E-state index in [0.29, 0.717) is 12.3 Å². The van der Waals surface area contributed by atoms with Crippen molar-refractivity contribution in [3.8, 4) is 11.1 Å². The lowest BCUT2D eigenvalue weighted by Crippen LogP contribution is -2.18. The first-order valence-electron chi connectivity index (χ1n) is 9.27. The molecule has 1 aliphatic rings. The van der Waals surface area contributed by atoms with E-state index in [1.165, 1.54) is 19.3 Å². The Bertz CT molecular complexity index is 790. The number of rotatable bonds is 5. The van der Waals surface area contributed by atoms with Crippen LogP contribution in [0.5, 0.6) is 0 Å². The molecule has 0 radical (unpaired) electrons. The summed E-state index contributed by atoms with van der Waals surface area (Å²) in [6.45, 7) is 2.01. The highest BCUT2D eigenvalue weighted by atomic mass is 16.4. The third-order valence-corrected chi connectivity index (χ3v) is 5.16. The van der Waals surface area contributed by atoms with Gasteiger partial charge in [0.15, 0.2) is 0 Å². The summed E-state index contributed by atoms with van der Waals surface area (Å²) in [6, 6.07) is 12.7. The summed E-state index contributed by atoms with van der Waals surface area (Å²) in [4.78, 5) is 23.4. The van der Waals surface area contributed by atoms with Gasteiger partial charge in [0.2, 0.25) is 5.91 Å². The Morgan fingerprint density at radius 1 is 1.04 bits per heavy atom. The van der Waals surface area contributed by atoms with Crippen molar-refractivity contribution in [2.45, 2.75) is 45.4 Å². The molecule has 0 aromatic heterocycles. The fourth-order valence-corrected chi connectivity index (χ4v) is 3.67. The number of carbonyl (C=O) groups excluding carboxylic acids is 1. The molecule has 0 saturated heterocycles. The zero-order chi connectivity index (χ0) is 18.5. The molecular weight excluding hydrogens is 326 g/mol. The summed E-state index contributed by atoms with van der Waals surface area (Å²) in [5, 5.41) is 12.1. The third-order valence-electron chi connectivity index (χ3n) is 5.16. The van der Waals surface area contributed by atoms with Crippen LogP contribution in [0.15, 0.2) is 42.5 Å². The van der Waals surface area contributed by atoms with Gasteiger partial charge in [-0.2, -0.15) is 0 Å². The Balaban J connectivity index is 1.72. The lowest BCUT2D eigenvalue weighted by atomic mass is 9.87. The Morgan fingerprint density at radius 3 is 2.38 bits per heavy atom. The minimum Gasteiger partial charge on any atom is -0.478 e. The second kappa shape index (κ2) is 8.17. The lowest BCUT2D eigenvalue weighted by molar-refractivity contribution is -0.117. The van der Waals surface area contributed by atoms with Crippen LogP contribution in [0.25, 0.3) is 11.1 Å². The molecular formula is C22H25NO3. The van der Waals surface area contributed by atoms with Crippen LogP contribution in [-0.2, 0) is 4.79 Å². The number of aryl methyl sites for hydroxylation is 1. The van der Waals surface area contributed by atoms with E-state index in [0.717, 1.165) is 35.2 Å². The van der Waals surface area contributed by atoms with Crippen molar-refractivity contribution in [1.29, 1.82) is 0 Å². The molecule has 0 heterocycles. The smallest absolute Gasteiger partial charge is 0.335 e. The molecule has 26 heavy (non-hydrogen) atoms. The number of anilines is 1. The van der Waals surface area contributed by atoms with E-state index in [1.807, 2.05) is 25.1 Å². The number of hydrogen-bond acceptors (Lipinski definition) is 2. The number of carboxylic acid groups (broad SMARTS) is 1. The van der Waals surface area contributed by atoms with E-state index in [2.05, 4.69) is 5.32 Å². The van der Waals surface area contributed by atoms with E-state index in [4.69, 9.17) is 5.11 Å². The normalized spacial score (nSPS) is 14.8. The van der Waals surface area contributed by atoms with Gasteiger partial charge in [-0.3, -0.25) is 4.79 Å². The standard InChI is InChI=1S/C22H25NO3/c1-15-7-12-19(23-21(24)13-16-5-3-2-4-6-16)14-20(15)17-8-10-18(11-9-17)22(25)26/h7-12,14,16H,2-6,13H2,1H3,(H,23,24)(H,25,26). The minimum absolute atomic E-state index is 0.0768. The van der Waals surface area contributed by atoms with Gasteiger partial charge in [-0.25, -0.2) is 4.79 Å². The molecule has 0 aliphatic heterocycles. The maximum atomic E-state index is 12.4. The van der Waals surface area contributed by atoms with Gasteiger partial charge in [-0.05, 0) is 66.6 Å². The van der Waals surface area contributed by atoms with E-state index in [9.17, 15) is 9.59 Å². The number of aromatic carboxylic acids is 1. The van der Waals surface area contributed by atoms with E-state index < -0.39 is 5.97 Å². The summed E-state index contributed by atoms with van der Waals surface area (Å²) in [5.41, 5.74) is 4.07. The average Bonchev–Trinajstić information content (AvgIpc) is 2.64. The van der Waals surface area contributed by atoms with Crippen molar-refractivity contribution >= 4 is 17.6 Å². The highest BCUT2D eigenvalue weighted by molar-refractivity contribution is 5.92. The number of hydrogen-bond donors (Lipinski definition) is 2. The second-order valence-electron chi connectivity index (χ2n) is 7.17. The fourth-order valence-electron chi connectivity index (χ4n) is 3.67. The van der Waals surface area contributed by atoms with Gasteiger partial charge >= 0.3 is 5.97 Å². The summed E-state index contributed by atoms with van der Waals surface area (Å²) >= 11 is 0. The Morgan fingerprint density at radius 2 is 1.73 bits per heavy atom. The monoisotopic (exact) mass is 351 g/mol. The van der Waals surface area contributed by atoms with Gasteiger partial charge in [0.25, 0.3) is 0 Å². The van der Waals surface area contributed by atoms with Crippen LogP contribution in [0, 0.1) is 12.8 Å². The molecule has 1 fully saturated rings. The highest BCUT2D eigenvalue weighted by Gasteiger charge is 2.17.